The highest BCUT2D eigenvalue weighted by molar-refractivity contribution is 6.29. The largest absolute Gasteiger partial charge is 0.377 e. The SMILES string of the molecule is CN(c1cc(Cl)nc(N)n1)[C@@H]1[C@H]2CCO[C@@H]2C1(C)C. The molecular formula is C13H19ClN4O. The molecule has 1 aromatic rings. The number of aromatic nitrogens is 2. The normalized spacial score (nSPS) is 31.7. The second-order valence-electron chi connectivity index (χ2n) is 6.03. The van der Waals surface area contributed by atoms with Gasteiger partial charge in [0.15, 0.2) is 0 Å². The minimum Gasteiger partial charge on any atom is -0.377 e. The lowest BCUT2D eigenvalue weighted by Gasteiger charge is -2.58. The second kappa shape index (κ2) is 4.21. The summed E-state index contributed by atoms with van der Waals surface area (Å²) in [5.74, 6) is 1.56. The Labute approximate surface area is 118 Å². The highest BCUT2D eigenvalue weighted by atomic mass is 35.5. The van der Waals surface area contributed by atoms with Gasteiger partial charge in [0.05, 0.1) is 6.10 Å². The lowest BCUT2D eigenvalue weighted by molar-refractivity contribution is -0.101. The molecule has 1 aromatic heterocycles. The van der Waals surface area contributed by atoms with Crippen molar-refractivity contribution in [2.75, 3.05) is 24.3 Å². The summed E-state index contributed by atoms with van der Waals surface area (Å²) in [5, 5.41) is 0.380. The van der Waals surface area contributed by atoms with E-state index >= 15 is 0 Å². The molecule has 3 atom stereocenters. The van der Waals surface area contributed by atoms with Gasteiger partial charge in [-0.25, -0.2) is 4.98 Å². The van der Waals surface area contributed by atoms with Crippen LogP contribution < -0.4 is 10.6 Å². The summed E-state index contributed by atoms with van der Waals surface area (Å²) >= 11 is 5.96. The fourth-order valence-electron chi connectivity index (χ4n) is 3.83. The van der Waals surface area contributed by atoms with E-state index in [4.69, 9.17) is 22.1 Å². The van der Waals surface area contributed by atoms with Crippen molar-refractivity contribution in [3.05, 3.63) is 11.2 Å². The molecule has 0 unspecified atom stereocenters. The number of hydrogen-bond acceptors (Lipinski definition) is 5. The van der Waals surface area contributed by atoms with Gasteiger partial charge in [0, 0.05) is 37.1 Å². The third-order valence-electron chi connectivity index (χ3n) is 4.52. The molecule has 0 amide bonds. The van der Waals surface area contributed by atoms with Crippen molar-refractivity contribution in [1.29, 1.82) is 0 Å². The fourth-order valence-corrected chi connectivity index (χ4v) is 4.01. The molecule has 1 aliphatic heterocycles. The van der Waals surface area contributed by atoms with E-state index in [-0.39, 0.29) is 11.4 Å². The van der Waals surface area contributed by atoms with Crippen LogP contribution >= 0.6 is 11.6 Å². The Hall–Kier alpha value is -1.07. The Kier molecular flexibility index (Phi) is 2.87. The first kappa shape index (κ1) is 12.9. The van der Waals surface area contributed by atoms with Crippen molar-refractivity contribution in [3.8, 4) is 0 Å². The molecule has 5 nitrogen and oxygen atoms in total. The zero-order valence-electron chi connectivity index (χ0n) is 11.4. The molecule has 3 rings (SSSR count). The number of anilines is 2. The molecule has 2 fully saturated rings. The number of rotatable bonds is 2. The van der Waals surface area contributed by atoms with Crippen molar-refractivity contribution in [1.82, 2.24) is 9.97 Å². The topological polar surface area (TPSA) is 64.3 Å². The summed E-state index contributed by atoms with van der Waals surface area (Å²) < 4.78 is 5.82. The minimum atomic E-state index is 0.113. The van der Waals surface area contributed by atoms with Crippen LogP contribution in [-0.4, -0.2) is 35.8 Å². The van der Waals surface area contributed by atoms with Crippen molar-refractivity contribution in [3.63, 3.8) is 0 Å². The monoisotopic (exact) mass is 282 g/mol. The maximum absolute atomic E-state index is 5.96. The van der Waals surface area contributed by atoms with Crippen LogP contribution in [0.1, 0.15) is 20.3 Å². The quantitative estimate of drug-likeness (QED) is 0.840. The lowest BCUT2D eigenvalue weighted by Crippen LogP contribution is -2.66. The minimum absolute atomic E-state index is 0.113. The maximum atomic E-state index is 5.96. The molecule has 2 N–H and O–H groups in total. The van der Waals surface area contributed by atoms with E-state index in [1.54, 1.807) is 6.07 Å². The van der Waals surface area contributed by atoms with Gasteiger partial charge in [-0.15, -0.1) is 0 Å². The average Bonchev–Trinajstić information content (AvgIpc) is 2.73. The molecule has 0 bridgehead atoms. The van der Waals surface area contributed by atoms with Gasteiger partial charge >= 0.3 is 0 Å². The highest BCUT2D eigenvalue weighted by Gasteiger charge is 2.61. The van der Waals surface area contributed by atoms with E-state index in [0.29, 0.717) is 23.2 Å². The van der Waals surface area contributed by atoms with Crippen LogP contribution in [0.5, 0.6) is 0 Å². The summed E-state index contributed by atoms with van der Waals surface area (Å²) in [4.78, 5) is 10.4. The van der Waals surface area contributed by atoms with Gasteiger partial charge in [-0.3, -0.25) is 0 Å². The van der Waals surface area contributed by atoms with E-state index < -0.39 is 0 Å². The molecule has 0 spiro atoms. The summed E-state index contributed by atoms with van der Waals surface area (Å²) in [6, 6.07) is 2.15. The van der Waals surface area contributed by atoms with Crippen LogP contribution in [0, 0.1) is 11.3 Å². The maximum Gasteiger partial charge on any atom is 0.223 e. The lowest BCUT2D eigenvalue weighted by atomic mass is 9.57. The summed E-state index contributed by atoms with van der Waals surface area (Å²) in [5.41, 5.74) is 5.79. The first-order valence-electron chi connectivity index (χ1n) is 6.56. The molecule has 0 aromatic carbocycles. The molecule has 2 aliphatic rings. The van der Waals surface area contributed by atoms with E-state index in [1.807, 2.05) is 7.05 Å². The van der Waals surface area contributed by atoms with Gasteiger partial charge in [-0.1, -0.05) is 25.4 Å². The molecule has 1 saturated carbocycles. The van der Waals surface area contributed by atoms with Crippen LogP contribution in [0.3, 0.4) is 0 Å². The summed E-state index contributed by atoms with van der Waals surface area (Å²) in [7, 11) is 2.04. The van der Waals surface area contributed by atoms with Gasteiger partial charge in [-0.2, -0.15) is 4.98 Å². The van der Waals surface area contributed by atoms with Crippen LogP contribution in [0.2, 0.25) is 5.15 Å². The first-order valence-corrected chi connectivity index (χ1v) is 6.93. The van der Waals surface area contributed by atoms with Crippen LogP contribution in [0.15, 0.2) is 6.07 Å². The molecule has 6 heteroatoms. The predicted octanol–water partition coefficient (Wildman–Crippen LogP) is 1.96. The number of nitrogens with zero attached hydrogens (tertiary/aromatic N) is 3. The van der Waals surface area contributed by atoms with E-state index in [2.05, 4.69) is 28.7 Å². The molecule has 1 saturated heterocycles. The van der Waals surface area contributed by atoms with Crippen molar-refractivity contribution < 1.29 is 4.74 Å². The van der Waals surface area contributed by atoms with Gasteiger partial charge < -0.3 is 15.4 Å². The zero-order valence-corrected chi connectivity index (χ0v) is 12.2. The summed E-state index contributed by atoms with van der Waals surface area (Å²) in [6.45, 7) is 5.34. The van der Waals surface area contributed by atoms with Gasteiger partial charge in [-0.05, 0) is 6.42 Å². The number of nitrogens with two attached hydrogens (primary N) is 1. The van der Waals surface area contributed by atoms with E-state index in [0.717, 1.165) is 18.8 Å². The van der Waals surface area contributed by atoms with E-state index in [9.17, 15) is 0 Å². The Morgan fingerprint density at radius 3 is 2.89 bits per heavy atom. The van der Waals surface area contributed by atoms with Crippen molar-refractivity contribution in [2.45, 2.75) is 32.4 Å². The molecule has 0 radical (unpaired) electrons. The smallest absolute Gasteiger partial charge is 0.223 e. The van der Waals surface area contributed by atoms with Crippen LogP contribution in [0.4, 0.5) is 11.8 Å². The number of fused-ring (bicyclic) bond motifs is 1. The fraction of sp³-hybridized carbons (Fsp3) is 0.692. The average molecular weight is 283 g/mol. The third-order valence-corrected chi connectivity index (χ3v) is 4.71. The number of hydrogen-bond donors (Lipinski definition) is 1. The van der Waals surface area contributed by atoms with Gasteiger partial charge in [0.25, 0.3) is 0 Å². The molecule has 104 valence electrons. The van der Waals surface area contributed by atoms with E-state index in [1.165, 1.54) is 0 Å². The predicted molar refractivity (Wildman–Crippen MR) is 75.3 cm³/mol. The van der Waals surface area contributed by atoms with Crippen LogP contribution in [0.25, 0.3) is 0 Å². The zero-order chi connectivity index (χ0) is 13.8. The molecule has 2 heterocycles. The molecular weight excluding hydrogens is 264 g/mol. The number of nitrogen functional groups attached to an aromatic ring is 1. The first-order chi connectivity index (χ1) is 8.91. The van der Waals surface area contributed by atoms with Crippen molar-refractivity contribution >= 4 is 23.4 Å². The Morgan fingerprint density at radius 2 is 2.21 bits per heavy atom. The Balaban J connectivity index is 1.89. The summed E-state index contributed by atoms with van der Waals surface area (Å²) in [6.07, 6.45) is 1.46. The Morgan fingerprint density at radius 1 is 1.47 bits per heavy atom. The standard InChI is InChI=1S/C13H19ClN4O/c1-13(2)10(7-4-5-19-11(7)13)18(3)9-6-8(14)16-12(15)17-9/h6-7,10-11H,4-5H2,1-3H3,(H2,15,16,17)/t7-,10-,11+/m1/s1. The van der Waals surface area contributed by atoms with Gasteiger partial charge in [0.2, 0.25) is 5.95 Å². The number of ether oxygens (including phenoxy) is 1. The Bertz CT molecular complexity index is 487. The highest BCUT2D eigenvalue weighted by Crippen LogP contribution is 2.54. The third kappa shape index (κ3) is 1.87. The number of halogens is 1. The van der Waals surface area contributed by atoms with Crippen LogP contribution in [-0.2, 0) is 4.74 Å². The van der Waals surface area contributed by atoms with Crippen molar-refractivity contribution in [2.24, 2.45) is 11.3 Å². The van der Waals surface area contributed by atoms with Gasteiger partial charge in [0.1, 0.15) is 11.0 Å². The molecule has 19 heavy (non-hydrogen) atoms. The second-order valence-corrected chi connectivity index (χ2v) is 6.42. The molecule has 1 aliphatic carbocycles.